The van der Waals surface area contributed by atoms with Gasteiger partial charge in [-0.05, 0) is 19.4 Å². The first-order valence-electron chi connectivity index (χ1n) is 10.5. The van der Waals surface area contributed by atoms with Crippen molar-refractivity contribution in [1.82, 2.24) is 25.3 Å². The van der Waals surface area contributed by atoms with Crippen LogP contribution in [0.4, 0.5) is 0 Å². The molecule has 1 saturated heterocycles. The molecular formula is C21H19N5O5S5. The van der Waals surface area contributed by atoms with Gasteiger partial charge in [0.05, 0.1) is 5.70 Å². The molecule has 1 amide bonds. The van der Waals surface area contributed by atoms with Crippen LogP contribution in [0.15, 0.2) is 50.3 Å². The van der Waals surface area contributed by atoms with E-state index >= 15 is 0 Å². The molecule has 188 valence electrons. The lowest BCUT2D eigenvalue weighted by atomic mass is 9.99. The monoisotopic (exact) mass is 581 g/mol. The van der Waals surface area contributed by atoms with Crippen molar-refractivity contribution in [3.63, 3.8) is 0 Å². The van der Waals surface area contributed by atoms with E-state index in [1.807, 2.05) is 6.92 Å². The summed E-state index contributed by atoms with van der Waals surface area (Å²) in [5.74, 6) is -0.873. The van der Waals surface area contributed by atoms with Crippen molar-refractivity contribution < 1.29 is 22.7 Å². The molecule has 5 rings (SSSR count). The van der Waals surface area contributed by atoms with Gasteiger partial charge >= 0.3 is 0 Å². The maximum atomic E-state index is 13.9. The molecule has 4 heterocycles. The number of carbonyl (C=O) groups is 2. The highest BCUT2D eigenvalue weighted by molar-refractivity contribution is 8.15. The van der Waals surface area contributed by atoms with E-state index in [9.17, 15) is 18.0 Å². The molecule has 3 aromatic rings. The van der Waals surface area contributed by atoms with Gasteiger partial charge in [-0.15, -0.1) is 20.4 Å². The molecule has 3 atom stereocenters. The molecule has 2 aromatic heterocycles. The van der Waals surface area contributed by atoms with Gasteiger partial charge in [0.15, 0.2) is 30.0 Å². The maximum absolute atomic E-state index is 13.9. The fourth-order valence-electron chi connectivity index (χ4n) is 3.95. The number of benzene rings is 1. The summed E-state index contributed by atoms with van der Waals surface area (Å²) in [4.78, 5) is 27.9. The van der Waals surface area contributed by atoms with Gasteiger partial charge < -0.3 is 4.74 Å². The van der Waals surface area contributed by atoms with Crippen LogP contribution < -0.4 is 0 Å². The van der Waals surface area contributed by atoms with Crippen LogP contribution in [-0.2, 0) is 19.4 Å². The highest BCUT2D eigenvalue weighted by atomic mass is 32.3. The number of amides is 1. The number of carbonyl (C=O) groups excluding carboxylic acids is 2. The first kappa shape index (κ1) is 25.5. The summed E-state index contributed by atoms with van der Waals surface area (Å²) >= 11 is 4.92. The Labute approximate surface area is 223 Å². The zero-order valence-electron chi connectivity index (χ0n) is 19.1. The predicted molar refractivity (Wildman–Crippen MR) is 138 cm³/mol. The number of ether oxygens (including phenoxy) is 1. The Balaban J connectivity index is 1.67. The van der Waals surface area contributed by atoms with Crippen LogP contribution in [-0.4, -0.2) is 74.3 Å². The number of allylic oxidation sites excluding steroid dienone is 1. The molecule has 0 unspecified atom stereocenters. The van der Waals surface area contributed by atoms with Crippen molar-refractivity contribution >= 4 is 67.7 Å². The van der Waals surface area contributed by atoms with Crippen LogP contribution in [0, 0.1) is 13.8 Å². The summed E-state index contributed by atoms with van der Waals surface area (Å²) in [6.45, 7) is 3.60. The average molecular weight is 582 g/mol. The van der Waals surface area contributed by atoms with Gasteiger partial charge in [-0.25, -0.2) is 8.42 Å². The van der Waals surface area contributed by atoms with E-state index in [0.29, 0.717) is 24.8 Å². The van der Waals surface area contributed by atoms with Gasteiger partial charge in [0.1, 0.15) is 14.6 Å². The number of fused-ring (bicyclic) bond motifs is 1. The van der Waals surface area contributed by atoms with Crippen LogP contribution in [0.25, 0.3) is 0 Å². The molecule has 0 spiro atoms. The van der Waals surface area contributed by atoms with Gasteiger partial charge in [0.2, 0.25) is 5.78 Å². The third-order valence-corrected chi connectivity index (χ3v) is 12.6. The van der Waals surface area contributed by atoms with Gasteiger partial charge in [-0.1, -0.05) is 76.5 Å². The molecule has 2 aliphatic heterocycles. The Hall–Kier alpha value is -2.17. The normalized spacial score (nSPS) is 22.9. The second kappa shape index (κ2) is 9.95. The molecule has 0 radical (unpaired) electrons. The van der Waals surface area contributed by atoms with Crippen LogP contribution in [0.2, 0.25) is 0 Å². The number of hydrogen-bond donors (Lipinski definition) is 0. The molecule has 2 aliphatic rings. The molecule has 1 fully saturated rings. The number of sulfone groups is 1. The first-order valence-corrected chi connectivity index (χ1v) is 15.6. The Kier molecular flexibility index (Phi) is 7.04. The largest absolute Gasteiger partial charge is 0.368 e. The highest BCUT2D eigenvalue weighted by Crippen LogP contribution is 2.48. The van der Waals surface area contributed by atoms with E-state index in [1.165, 1.54) is 41.5 Å². The van der Waals surface area contributed by atoms with Crippen LogP contribution in [0.3, 0.4) is 0 Å². The minimum atomic E-state index is -4.02. The summed E-state index contributed by atoms with van der Waals surface area (Å²) in [6.07, 6.45) is -1.19. The van der Waals surface area contributed by atoms with Crippen molar-refractivity contribution in [3.05, 3.63) is 57.2 Å². The van der Waals surface area contributed by atoms with Gasteiger partial charge in [-0.3, -0.25) is 14.5 Å². The summed E-state index contributed by atoms with van der Waals surface area (Å²) in [6, 6.07) is 8.49. The van der Waals surface area contributed by atoms with Crippen LogP contribution in [0.5, 0.6) is 0 Å². The maximum Gasteiger partial charge on any atom is 0.260 e. The van der Waals surface area contributed by atoms with Crippen LogP contribution in [0.1, 0.15) is 20.4 Å². The second-order valence-electron chi connectivity index (χ2n) is 7.83. The fraction of sp³-hybridized carbons (Fsp3) is 0.333. The number of thioether (sulfide) groups is 2. The molecule has 15 heteroatoms. The Morgan fingerprint density at radius 2 is 1.69 bits per heavy atom. The van der Waals surface area contributed by atoms with E-state index in [1.54, 1.807) is 37.3 Å². The number of aromatic nitrogens is 4. The number of ketones is 1. The van der Waals surface area contributed by atoms with Crippen molar-refractivity contribution in [2.75, 3.05) is 12.9 Å². The van der Waals surface area contributed by atoms with Crippen molar-refractivity contribution in [3.8, 4) is 0 Å². The molecule has 1 aromatic carbocycles. The summed E-state index contributed by atoms with van der Waals surface area (Å²) in [7, 11) is -2.73. The van der Waals surface area contributed by atoms with Gasteiger partial charge in [-0.2, -0.15) is 0 Å². The lowest BCUT2D eigenvalue weighted by molar-refractivity contribution is -0.158. The SMILES string of the molecule is CO[C@H]1C(=O)N2C(C(=O)c3ccccc3)=C(CSc3nnc(C)s3)[C@@H](Sc3nnc(C)s3)S(=O)(=O)[C@H]12. The third kappa shape index (κ3) is 4.41. The van der Waals surface area contributed by atoms with E-state index in [4.69, 9.17) is 4.74 Å². The molecular weight excluding hydrogens is 563 g/mol. The third-order valence-electron chi connectivity index (χ3n) is 5.54. The average Bonchev–Trinajstić information content (AvgIpc) is 3.47. The summed E-state index contributed by atoms with van der Waals surface area (Å²) in [5.41, 5.74) is 0.717. The fourth-order valence-corrected chi connectivity index (χ4v) is 11.2. The molecule has 0 aliphatic carbocycles. The van der Waals surface area contributed by atoms with E-state index in [2.05, 4.69) is 20.4 Å². The van der Waals surface area contributed by atoms with Crippen LogP contribution >= 0.6 is 46.2 Å². The zero-order valence-corrected chi connectivity index (χ0v) is 23.2. The molecule has 0 saturated carbocycles. The summed E-state index contributed by atoms with van der Waals surface area (Å²) < 4.78 is 33.0. The molecule has 0 N–H and O–H groups in total. The number of aryl methyl sites for hydroxylation is 2. The highest BCUT2D eigenvalue weighted by Gasteiger charge is 2.63. The minimum Gasteiger partial charge on any atom is -0.368 e. The van der Waals surface area contributed by atoms with Crippen molar-refractivity contribution in [2.24, 2.45) is 0 Å². The Bertz CT molecular complexity index is 1470. The van der Waals surface area contributed by atoms with E-state index < -0.39 is 37.6 Å². The second-order valence-corrected chi connectivity index (χ2v) is 15.2. The van der Waals surface area contributed by atoms with Crippen molar-refractivity contribution in [1.29, 1.82) is 0 Å². The standard InChI is InChI=1S/C21H19N5O5S5/c1-10-22-24-20(33-10)32-9-13-14(15(27)12-7-5-4-6-8-12)26-17(28)16(31-3)18(26)36(29,30)19(13)35-21-25-23-11(2)34-21/h4-8,16,18-19H,9H2,1-3H3/t16-,18+,19-/m0/s1. The lowest BCUT2D eigenvalue weighted by Gasteiger charge is -2.50. The molecule has 36 heavy (non-hydrogen) atoms. The molecule has 0 bridgehead atoms. The number of Topliss-reactive ketones (excluding diaryl/α,β-unsaturated/α-hetero) is 1. The number of methoxy groups -OCH3 is 1. The molecule has 10 nitrogen and oxygen atoms in total. The topological polar surface area (TPSA) is 132 Å². The Morgan fingerprint density at radius 3 is 2.28 bits per heavy atom. The van der Waals surface area contributed by atoms with E-state index in [0.717, 1.165) is 21.7 Å². The minimum absolute atomic E-state index is 0.0619. The van der Waals surface area contributed by atoms with Crippen molar-refractivity contribution in [2.45, 2.75) is 38.6 Å². The summed E-state index contributed by atoms with van der Waals surface area (Å²) in [5, 5.41) is 16.4. The first-order chi connectivity index (χ1) is 17.2. The lowest BCUT2D eigenvalue weighted by Crippen LogP contribution is -2.71. The van der Waals surface area contributed by atoms with Gasteiger partial charge in [0.25, 0.3) is 5.91 Å². The number of β-lactam (4-membered cyclic amide) rings is 1. The number of nitrogens with zero attached hydrogens (tertiary/aromatic N) is 5. The Morgan fingerprint density at radius 1 is 1.06 bits per heavy atom. The predicted octanol–water partition coefficient (Wildman–Crippen LogP) is 2.97. The number of hydrogen-bond acceptors (Lipinski definition) is 13. The zero-order chi connectivity index (χ0) is 25.6. The quantitative estimate of drug-likeness (QED) is 0.221. The number of rotatable bonds is 8. The smallest absolute Gasteiger partial charge is 0.260 e. The van der Waals surface area contributed by atoms with E-state index in [-0.39, 0.29) is 11.4 Å². The van der Waals surface area contributed by atoms with Gasteiger partial charge in [0, 0.05) is 18.4 Å².